The molecule has 0 spiro atoms. The number of carbonyl (C=O) groups is 3. The lowest BCUT2D eigenvalue weighted by Gasteiger charge is -2.32. The fourth-order valence-corrected chi connectivity index (χ4v) is 6.24. The Morgan fingerprint density at radius 3 is 2.71 bits per heavy atom. The lowest BCUT2D eigenvalue weighted by molar-refractivity contribution is -0.152. The number of nitrogens with zero attached hydrogens (tertiary/aromatic N) is 3. The highest BCUT2D eigenvalue weighted by atomic mass is 32.2. The molecule has 2 aromatic carbocycles. The molecule has 35 heavy (non-hydrogen) atoms. The molecule has 11 nitrogen and oxygen atoms in total. The van der Waals surface area contributed by atoms with Crippen LogP contribution in [0, 0.1) is 0 Å². The number of hydrogen-bond acceptors (Lipinski definition) is 10. The van der Waals surface area contributed by atoms with E-state index in [2.05, 4.69) is 14.1 Å². The van der Waals surface area contributed by atoms with Crippen LogP contribution in [0.4, 0.5) is 5.69 Å². The minimum Gasteiger partial charge on any atom is -0.465 e. The Balaban J connectivity index is 1.46. The summed E-state index contributed by atoms with van der Waals surface area (Å²) in [4.78, 5) is 37.1. The maximum Gasteiger partial charge on any atom is 0.339 e. The highest BCUT2D eigenvalue weighted by Crippen LogP contribution is 2.30. The Morgan fingerprint density at radius 1 is 1.11 bits per heavy atom. The number of nitrogens with one attached hydrogen (secondary N) is 1. The summed E-state index contributed by atoms with van der Waals surface area (Å²) in [6, 6.07) is 9.82. The van der Waals surface area contributed by atoms with E-state index in [0.717, 1.165) is 16.0 Å². The van der Waals surface area contributed by atoms with Crippen LogP contribution in [0.3, 0.4) is 0 Å². The molecule has 1 aromatic heterocycles. The van der Waals surface area contributed by atoms with Crippen LogP contribution in [0.5, 0.6) is 0 Å². The second-order valence-electron chi connectivity index (χ2n) is 7.71. The van der Waals surface area contributed by atoms with Crippen LogP contribution < -0.4 is 5.32 Å². The van der Waals surface area contributed by atoms with E-state index in [4.69, 9.17) is 9.47 Å². The highest BCUT2D eigenvalue weighted by Gasteiger charge is 2.39. The Kier molecular flexibility index (Phi) is 7.38. The molecule has 13 heteroatoms. The van der Waals surface area contributed by atoms with Gasteiger partial charge in [-0.1, -0.05) is 18.2 Å². The van der Waals surface area contributed by atoms with E-state index >= 15 is 0 Å². The number of fused-ring (bicyclic) bond motifs is 1. The van der Waals surface area contributed by atoms with E-state index in [1.807, 2.05) is 0 Å². The number of sulfonamides is 1. The van der Waals surface area contributed by atoms with E-state index < -0.39 is 40.5 Å². The van der Waals surface area contributed by atoms with Crippen LogP contribution >= 0.6 is 11.7 Å². The second-order valence-corrected chi connectivity index (χ2v) is 10.1. The van der Waals surface area contributed by atoms with E-state index in [1.165, 1.54) is 25.3 Å². The van der Waals surface area contributed by atoms with Crippen molar-refractivity contribution in [1.82, 2.24) is 13.1 Å². The highest BCUT2D eigenvalue weighted by molar-refractivity contribution is 7.89. The summed E-state index contributed by atoms with van der Waals surface area (Å²) in [5.41, 5.74) is 1.05. The van der Waals surface area contributed by atoms with Crippen molar-refractivity contribution in [2.75, 3.05) is 25.6 Å². The number of esters is 2. The third-order valence-electron chi connectivity index (χ3n) is 5.51. The molecule has 1 atom stereocenters. The Labute approximate surface area is 205 Å². The maximum atomic E-state index is 13.5. The van der Waals surface area contributed by atoms with Gasteiger partial charge in [-0.05, 0) is 43.5 Å². The molecule has 0 saturated carbocycles. The van der Waals surface area contributed by atoms with Gasteiger partial charge < -0.3 is 14.8 Å². The molecular formula is C22H22N4O7S2. The van der Waals surface area contributed by atoms with Crippen molar-refractivity contribution < 1.29 is 32.3 Å². The Hall–Kier alpha value is -3.42. The van der Waals surface area contributed by atoms with Gasteiger partial charge in [-0.3, -0.25) is 9.59 Å². The topological polar surface area (TPSA) is 145 Å². The Morgan fingerprint density at radius 2 is 1.91 bits per heavy atom. The van der Waals surface area contributed by atoms with Gasteiger partial charge in [-0.15, -0.1) is 0 Å². The molecule has 1 aliphatic heterocycles. The molecule has 0 aliphatic carbocycles. The molecule has 184 valence electrons. The average Bonchev–Trinajstić information content (AvgIpc) is 3.36. The van der Waals surface area contributed by atoms with Crippen molar-refractivity contribution in [2.45, 2.75) is 30.2 Å². The zero-order valence-electron chi connectivity index (χ0n) is 18.7. The van der Waals surface area contributed by atoms with Crippen LogP contribution in [-0.2, 0) is 29.1 Å². The zero-order chi connectivity index (χ0) is 25.0. The van der Waals surface area contributed by atoms with Gasteiger partial charge in [0.2, 0.25) is 10.0 Å². The van der Waals surface area contributed by atoms with E-state index in [-0.39, 0.29) is 34.6 Å². The maximum absolute atomic E-state index is 13.5. The molecule has 1 amide bonds. The van der Waals surface area contributed by atoms with Crippen LogP contribution in [0.25, 0.3) is 11.0 Å². The molecule has 0 bridgehead atoms. The number of rotatable bonds is 7. The molecule has 4 rings (SSSR count). The standard InChI is InChI=1S/C22H22N4O7S2/c1-32-21(28)14-7-2-3-8-15(14)23-19(27)13-33-22(29)17-10-4-5-12-26(17)35(30,31)18-11-6-9-16-20(18)25-34-24-16/h2-3,6-9,11,17H,4-5,10,12-13H2,1H3,(H,23,27). The van der Waals surface area contributed by atoms with Crippen LogP contribution in [0.2, 0.25) is 0 Å². The summed E-state index contributed by atoms with van der Waals surface area (Å²) in [5, 5.41) is 2.51. The number of hydrogen-bond donors (Lipinski definition) is 1. The smallest absolute Gasteiger partial charge is 0.339 e. The third kappa shape index (κ3) is 5.16. The SMILES string of the molecule is COC(=O)c1ccccc1NC(=O)COC(=O)C1CCCCN1S(=O)(=O)c1cccc2nsnc12. The molecular weight excluding hydrogens is 496 g/mol. The van der Waals surface area contributed by atoms with Crippen molar-refractivity contribution >= 4 is 56.3 Å². The summed E-state index contributed by atoms with van der Waals surface area (Å²) in [7, 11) is -2.85. The number of ether oxygens (including phenoxy) is 2. The number of para-hydroxylation sites is 1. The molecule has 2 heterocycles. The van der Waals surface area contributed by atoms with Crippen molar-refractivity contribution in [2.24, 2.45) is 0 Å². The van der Waals surface area contributed by atoms with Gasteiger partial charge in [-0.2, -0.15) is 13.1 Å². The first-order valence-electron chi connectivity index (χ1n) is 10.7. The number of methoxy groups -OCH3 is 1. The van der Waals surface area contributed by atoms with E-state index in [0.29, 0.717) is 18.4 Å². The van der Waals surface area contributed by atoms with Gasteiger partial charge in [0.05, 0.1) is 30.1 Å². The predicted octanol–water partition coefficient (Wildman–Crippen LogP) is 2.20. The van der Waals surface area contributed by atoms with Crippen molar-refractivity contribution in [1.29, 1.82) is 0 Å². The monoisotopic (exact) mass is 518 g/mol. The van der Waals surface area contributed by atoms with E-state index in [9.17, 15) is 22.8 Å². The zero-order valence-corrected chi connectivity index (χ0v) is 20.3. The minimum atomic E-state index is -4.07. The first kappa shape index (κ1) is 24.7. The molecule has 3 aromatic rings. The Bertz CT molecular complexity index is 1370. The number of amides is 1. The van der Waals surface area contributed by atoms with Crippen LogP contribution in [0.1, 0.15) is 29.6 Å². The third-order valence-corrected chi connectivity index (χ3v) is 8.00. The van der Waals surface area contributed by atoms with Crippen molar-refractivity contribution in [3.05, 3.63) is 48.0 Å². The number of aromatic nitrogens is 2. The summed E-state index contributed by atoms with van der Waals surface area (Å²) >= 11 is 0.905. The lowest BCUT2D eigenvalue weighted by Crippen LogP contribution is -2.49. The van der Waals surface area contributed by atoms with Gasteiger partial charge in [0.1, 0.15) is 22.0 Å². The second kappa shape index (κ2) is 10.5. The number of benzene rings is 2. The lowest BCUT2D eigenvalue weighted by atomic mass is 10.1. The summed E-state index contributed by atoms with van der Waals surface area (Å²) in [6.45, 7) is -0.515. The summed E-state index contributed by atoms with van der Waals surface area (Å²) in [5.74, 6) is -2.14. The van der Waals surface area contributed by atoms with Crippen LogP contribution in [-0.4, -0.2) is 65.6 Å². The minimum absolute atomic E-state index is 0.0272. The molecule has 1 unspecified atom stereocenters. The number of anilines is 1. The normalized spacial score (nSPS) is 16.5. The molecule has 1 N–H and O–H groups in total. The van der Waals surface area contributed by atoms with Gasteiger partial charge >= 0.3 is 11.9 Å². The average molecular weight is 519 g/mol. The first-order chi connectivity index (χ1) is 16.8. The van der Waals surface area contributed by atoms with Crippen molar-refractivity contribution in [3.63, 3.8) is 0 Å². The van der Waals surface area contributed by atoms with E-state index in [1.54, 1.807) is 24.3 Å². The predicted molar refractivity (Wildman–Crippen MR) is 126 cm³/mol. The molecule has 1 fully saturated rings. The van der Waals surface area contributed by atoms with Gasteiger partial charge in [-0.25, -0.2) is 13.2 Å². The quantitative estimate of drug-likeness (QED) is 0.465. The van der Waals surface area contributed by atoms with Crippen LogP contribution in [0.15, 0.2) is 47.4 Å². The first-order valence-corrected chi connectivity index (χ1v) is 12.9. The van der Waals surface area contributed by atoms with Gasteiger partial charge in [0, 0.05) is 6.54 Å². The molecule has 1 aliphatic rings. The van der Waals surface area contributed by atoms with Gasteiger partial charge in [0.15, 0.2) is 6.61 Å². The summed E-state index contributed by atoms with van der Waals surface area (Å²) in [6.07, 6.45) is 1.47. The van der Waals surface area contributed by atoms with Gasteiger partial charge in [0.25, 0.3) is 5.91 Å². The number of carbonyl (C=O) groups excluding carboxylic acids is 3. The van der Waals surface area contributed by atoms with Crippen molar-refractivity contribution in [3.8, 4) is 0 Å². The fraction of sp³-hybridized carbons (Fsp3) is 0.318. The largest absolute Gasteiger partial charge is 0.465 e. The number of piperidine rings is 1. The molecule has 0 radical (unpaired) electrons. The molecule has 1 saturated heterocycles. The summed E-state index contributed by atoms with van der Waals surface area (Å²) < 4.78 is 46.1. The fourth-order valence-electron chi connectivity index (χ4n) is 3.84.